The molecule has 0 aromatic carbocycles. The second-order valence-corrected chi connectivity index (χ2v) is 5.07. The molecule has 0 saturated carbocycles. The zero-order valence-electron chi connectivity index (χ0n) is 14.8. The zero-order chi connectivity index (χ0) is 17.5. The van der Waals surface area contributed by atoms with Crippen LogP contribution in [0.1, 0.15) is 34.1 Å². The summed E-state index contributed by atoms with van der Waals surface area (Å²) in [5.41, 5.74) is 1.20. The van der Waals surface area contributed by atoms with Gasteiger partial charge in [-0.25, -0.2) is 4.99 Å². The van der Waals surface area contributed by atoms with Gasteiger partial charge in [0.25, 0.3) is 0 Å². The molecule has 0 spiro atoms. The van der Waals surface area contributed by atoms with Crippen LogP contribution in [0.2, 0.25) is 0 Å². The molecule has 0 unspecified atom stereocenters. The molecule has 0 N–H and O–H groups in total. The number of aliphatic imine (C=N–C) groups is 1. The van der Waals surface area contributed by atoms with E-state index in [9.17, 15) is 0 Å². The van der Waals surface area contributed by atoms with Gasteiger partial charge >= 0.3 is 0 Å². The maximum absolute atomic E-state index is 5.44. The van der Waals surface area contributed by atoms with Crippen LogP contribution in [0.4, 0.5) is 0 Å². The summed E-state index contributed by atoms with van der Waals surface area (Å²) in [4.78, 5) is 6.38. The van der Waals surface area contributed by atoms with Gasteiger partial charge in [0, 0.05) is 31.3 Å². The number of rotatable bonds is 10. The Balaban J connectivity index is 4.84. The first-order valence-corrected chi connectivity index (χ1v) is 8.71. The number of nitrogens with zero attached hydrogens (tertiary/aromatic N) is 2. The van der Waals surface area contributed by atoms with Crippen molar-refractivity contribution in [3.8, 4) is 0 Å². The quantitative estimate of drug-likeness (QED) is 0.213. The molecule has 3 nitrogen and oxygen atoms in total. The Kier molecular flexibility index (Phi) is 12.5. The highest BCUT2D eigenvalue weighted by Gasteiger charge is 1.98. The Hall–Kier alpha value is -1.94. The van der Waals surface area contributed by atoms with Gasteiger partial charge < -0.3 is 9.08 Å². The maximum atomic E-state index is 5.44. The zero-order valence-corrected chi connectivity index (χ0v) is 15.6. The van der Waals surface area contributed by atoms with Crippen molar-refractivity contribution in [2.45, 2.75) is 34.1 Å². The second kappa shape index (κ2) is 13.7. The van der Waals surface area contributed by atoms with E-state index in [1.807, 2.05) is 80.8 Å². The van der Waals surface area contributed by atoms with E-state index in [0.717, 1.165) is 18.0 Å². The van der Waals surface area contributed by atoms with Crippen LogP contribution in [0.5, 0.6) is 0 Å². The third-order valence-electron chi connectivity index (χ3n) is 2.71. The minimum atomic E-state index is 0.775. The molecule has 0 fully saturated rings. The summed E-state index contributed by atoms with van der Waals surface area (Å²) in [6.45, 7) is 11.8. The van der Waals surface area contributed by atoms with Gasteiger partial charge in [-0.3, -0.25) is 0 Å². The van der Waals surface area contributed by atoms with Crippen molar-refractivity contribution in [2.24, 2.45) is 4.99 Å². The third kappa shape index (κ3) is 9.63. The molecule has 0 amide bonds. The fourth-order valence-corrected chi connectivity index (χ4v) is 1.93. The third-order valence-corrected chi connectivity index (χ3v) is 3.07. The molecule has 0 bridgehead atoms. The van der Waals surface area contributed by atoms with Gasteiger partial charge in [0.05, 0.1) is 12.0 Å². The molecule has 0 aliphatic carbocycles. The predicted octanol–water partition coefficient (Wildman–Crippen LogP) is 5.99. The normalized spacial score (nSPS) is 14.2. The first kappa shape index (κ1) is 21.1. The lowest BCUT2D eigenvalue weighted by molar-refractivity contribution is 0.525. The molecule has 0 heterocycles. The van der Waals surface area contributed by atoms with Crippen LogP contribution in [0.3, 0.4) is 0 Å². The average Bonchev–Trinajstić information content (AvgIpc) is 2.55. The Labute approximate surface area is 145 Å². The minimum Gasteiger partial charge on any atom is -0.426 e. The minimum absolute atomic E-state index is 0.775. The summed E-state index contributed by atoms with van der Waals surface area (Å²) < 4.78 is 5.44. The van der Waals surface area contributed by atoms with Gasteiger partial charge in [0.2, 0.25) is 0 Å². The molecule has 0 radical (unpaired) electrons. The summed E-state index contributed by atoms with van der Waals surface area (Å²) in [5.74, 6) is 1.68. The van der Waals surface area contributed by atoms with E-state index in [1.54, 1.807) is 6.20 Å². The van der Waals surface area contributed by atoms with E-state index in [4.69, 9.17) is 4.18 Å². The summed E-state index contributed by atoms with van der Waals surface area (Å²) >= 11 is 1.33. The molecule has 4 heteroatoms. The van der Waals surface area contributed by atoms with Crippen molar-refractivity contribution in [2.75, 3.05) is 6.26 Å². The Morgan fingerprint density at radius 1 is 1.22 bits per heavy atom. The van der Waals surface area contributed by atoms with E-state index in [-0.39, 0.29) is 0 Å². The van der Waals surface area contributed by atoms with Crippen molar-refractivity contribution in [1.82, 2.24) is 4.90 Å². The van der Waals surface area contributed by atoms with Gasteiger partial charge in [-0.05, 0) is 45.9 Å². The first-order chi connectivity index (χ1) is 11.1. The molecule has 0 aromatic heterocycles. The highest BCUT2D eigenvalue weighted by atomic mass is 32.2. The van der Waals surface area contributed by atoms with Gasteiger partial charge in [0.1, 0.15) is 11.6 Å². The largest absolute Gasteiger partial charge is 0.426 e. The average molecular weight is 333 g/mol. The predicted molar refractivity (Wildman–Crippen MR) is 105 cm³/mol. The summed E-state index contributed by atoms with van der Waals surface area (Å²) in [6.07, 6.45) is 20.0. The fourth-order valence-electron chi connectivity index (χ4n) is 1.63. The molecule has 0 aliphatic rings. The monoisotopic (exact) mass is 332 g/mol. The van der Waals surface area contributed by atoms with Crippen molar-refractivity contribution in [1.29, 1.82) is 0 Å². The van der Waals surface area contributed by atoms with Gasteiger partial charge in [-0.15, -0.1) is 0 Å². The van der Waals surface area contributed by atoms with E-state index in [0.29, 0.717) is 0 Å². The molecule has 0 atom stereocenters. The Morgan fingerprint density at radius 3 is 2.48 bits per heavy atom. The lowest BCUT2D eigenvalue weighted by Crippen LogP contribution is -2.06. The molecule has 0 aliphatic heterocycles. The molecule has 0 aromatic rings. The van der Waals surface area contributed by atoms with Crippen LogP contribution in [0, 0.1) is 0 Å². The lowest BCUT2D eigenvalue weighted by Gasteiger charge is -2.14. The highest BCUT2D eigenvalue weighted by Crippen LogP contribution is 2.11. The van der Waals surface area contributed by atoms with E-state index in [2.05, 4.69) is 18.5 Å². The van der Waals surface area contributed by atoms with Crippen LogP contribution in [-0.2, 0) is 4.18 Å². The van der Waals surface area contributed by atoms with E-state index < -0.39 is 0 Å². The van der Waals surface area contributed by atoms with Crippen LogP contribution in [0.25, 0.3) is 0 Å². The second-order valence-electron chi connectivity index (χ2n) is 4.57. The Morgan fingerprint density at radius 2 is 1.96 bits per heavy atom. The van der Waals surface area contributed by atoms with Crippen molar-refractivity contribution >= 4 is 18.3 Å². The van der Waals surface area contributed by atoms with Gasteiger partial charge in [-0.1, -0.05) is 30.4 Å². The standard InChI is InChI=1S/C19H28N2OS/c1-7-11-18(22-23-6)13-12-17(5)14-15-20-19(9-3)21(10-4)16-8-2/h7-13,15-16H,4,14H2,1-3,5-6H3/b11-7-,16-8-,17-12+,18-13+,19-9+,20-15-. The van der Waals surface area contributed by atoms with E-state index >= 15 is 0 Å². The summed E-state index contributed by atoms with van der Waals surface area (Å²) in [6, 6.07) is 0. The Bertz CT molecular complexity index is 525. The molecule has 0 saturated heterocycles. The topological polar surface area (TPSA) is 24.8 Å². The highest BCUT2D eigenvalue weighted by molar-refractivity contribution is 7.94. The molecular formula is C19H28N2OS. The van der Waals surface area contributed by atoms with Crippen LogP contribution in [0.15, 0.2) is 77.6 Å². The lowest BCUT2D eigenvalue weighted by atomic mass is 10.2. The fraction of sp³-hybridized carbons (Fsp3) is 0.316. The number of hydrogen-bond acceptors (Lipinski definition) is 4. The number of allylic oxidation sites excluding steroid dienone is 7. The van der Waals surface area contributed by atoms with E-state index in [1.165, 1.54) is 17.6 Å². The van der Waals surface area contributed by atoms with Gasteiger partial charge in [0.15, 0.2) is 0 Å². The van der Waals surface area contributed by atoms with Crippen LogP contribution >= 0.6 is 12.0 Å². The summed E-state index contributed by atoms with van der Waals surface area (Å²) in [7, 11) is 0. The molecular weight excluding hydrogens is 304 g/mol. The van der Waals surface area contributed by atoms with Crippen LogP contribution < -0.4 is 0 Å². The van der Waals surface area contributed by atoms with Gasteiger partial charge in [-0.2, -0.15) is 0 Å². The molecule has 0 rings (SSSR count). The van der Waals surface area contributed by atoms with Crippen molar-refractivity contribution in [3.63, 3.8) is 0 Å². The van der Waals surface area contributed by atoms with Crippen LogP contribution in [-0.4, -0.2) is 17.4 Å². The summed E-state index contributed by atoms with van der Waals surface area (Å²) in [5, 5.41) is 0. The SMILES string of the molecule is C=CN(/C=C\C)C(=C/C)/N=C\C/C(C)=C/C=C(\C=C/C)OSC. The maximum Gasteiger partial charge on any atom is 0.137 e. The molecule has 126 valence electrons. The number of hydrogen-bond donors (Lipinski definition) is 0. The first-order valence-electron chi connectivity index (χ1n) is 7.56. The molecule has 23 heavy (non-hydrogen) atoms. The smallest absolute Gasteiger partial charge is 0.137 e. The van der Waals surface area contributed by atoms with Crippen molar-refractivity contribution < 1.29 is 4.18 Å². The van der Waals surface area contributed by atoms with Crippen molar-refractivity contribution in [3.05, 3.63) is 72.6 Å².